The van der Waals surface area contributed by atoms with Crippen LogP contribution in [0.5, 0.6) is 0 Å². The van der Waals surface area contributed by atoms with Crippen LogP contribution in [-0.2, 0) is 4.79 Å². The Morgan fingerprint density at radius 2 is 1.91 bits per heavy atom. The number of nitrogens with zero attached hydrogens (tertiary/aromatic N) is 1. The first-order valence-corrected chi connectivity index (χ1v) is 8.47. The SMILES string of the molecule is CSc1ccc(/C=C(/C#N)C(=O)Nc2ccccc2Br)cc1. The molecule has 2 aromatic carbocycles. The highest BCUT2D eigenvalue weighted by Gasteiger charge is 2.10. The van der Waals surface area contributed by atoms with Gasteiger partial charge in [0.25, 0.3) is 5.91 Å². The minimum Gasteiger partial charge on any atom is -0.320 e. The second-order valence-electron chi connectivity index (χ2n) is 4.38. The van der Waals surface area contributed by atoms with Crippen LogP contribution in [-0.4, -0.2) is 12.2 Å². The lowest BCUT2D eigenvalue weighted by Crippen LogP contribution is -2.13. The minimum atomic E-state index is -0.427. The molecule has 0 spiro atoms. The van der Waals surface area contributed by atoms with Gasteiger partial charge < -0.3 is 5.32 Å². The van der Waals surface area contributed by atoms with Crippen molar-refractivity contribution in [1.82, 2.24) is 0 Å². The van der Waals surface area contributed by atoms with Crippen molar-refractivity contribution in [3.8, 4) is 6.07 Å². The number of hydrogen-bond donors (Lipinski definition) is 1. The van der Waals surface area contributed by atoms with Crippen molar-refractivity contribution >= 4 is 45.4 Å². The van der Waals surface area contributed by atoms with E-state index in [-0.39, 0.29) is 5.57 Å². The summed E-state index contributed by atoms with van der Waals surface area (Å²) in [5, 5.41) is 11.9. The van der Waals surface area contributed by atoms with Crippen LogP contribution in [0.25, 0.3) is 6.08 Å². The minimum absolute atomic E-state index is 0.0626. The van der Waals surface area contributed by atoms with Crippen molar-refractivity contribution in [2.75, 3.05) is 11.6 Å². The van der Waals surface area contributed by atoms with Gasteiger partial charge in [-0.15, -0.1) is 11.8 Å². The fraction of sp³-hybridized carbons (Fsp3) is 0.0588. The van der Waals surface area contributed by atoms with Gasteiger partial charge >= 0.3 is 0 Å². The molecule has 1 amide bonds. The molecule has 3 nitrogen and oxygen atoms in total. The topological polar surface area (TPSA) is 52.9 Å². The standard InChI is InChI=1S/C17H13BrN2OS/c1-22-14-8-6-12(7-9-14)10-13(11-19)17(21)20-16-5-3-2-4-15(16)18/h2-10H,1H3,(H,20,21)/b13-10-. The quantitative estimate of drug-likeness (QED) is 0.480. The highest BCUT2D eigenvalue weighted by atomic mass is 79.9. The third kappa shape index (κ3) is 4.23. The Hall–Kier alpha value is -2.03. The second-order valence-corrected chi connectivity index (χ2v) is 6.11. The van der Waals surface area contributed by atoms with Crippen LogP contribution in [0.4, 0.5) is 5.69 Å². The normalized spacial score (nSPS) is 10.9. The van der Waals surface area contributed by atoms with Crippen LogP contribution in [0, 0.1) is 11.3 Å². The molecule has 0 saturated heterocycles. The lowest BCUT2D eigenvalue weighted by Gasteiger charge is -2.06. The maximum absolute atomic E-state index is 12.2. The number of carbonyl (C=O) groups excluding carboxylic acids is 1. The number of para-hydroxylation sites is 1. The average Bonchev–Trinajstić information content (AvgIpc) is 2.55. The van der Waals surface area contributed by atoms with Crippen molar-refractivity contribution in [1.29, 1.82) is 5.26 Å². The summed E-state index contributed by atoms with van der Waals surface area (Å²) in [4.78, 5) is 13.3. The number of thioether (sulfide) groups is 1. The molecule has 1 N–H and O–H groups in total. The van der Waals surface area contributed by atoms with Gasteiger partial charge in [-0.25, -0.2) is 0 Å². The van der Waals surface area contributed by atoms with Crippen molar-refractivity contribution in [3.05, 3.63) is 64.1 Å². The second kappa shape index (κ2) is 7.83. The monoisotopic (exact) mass is 372 g/mol. The number of benzene rings is 2. The number of halogens is 1. The Balaban J connectivity index is 2.20. The Kier molecular flexibility index (Phi) is 5.82. The van der Waals surface area contributed by atoms with Crippen LogP contribution in [0.1, 0.15) is 5.56 Å². The smallest absolute Gasteiger partial charge is 0.266 e. The third-order valence-electron chi connectivity index (χ3n) is 2.91. The maximum atomic E-state index is 12.2. The fourth-order valence-electron chi connectivity index (χ4n) is 1.77. The summed E-state index contributed by atoms with van der Waals surface area (Å²) < 4.78 is 0.768. The molecule has 0 bridgehead atoms. The van der Waals surface area contributed by atoms with E-state index in [1.807, 2.05) is 54.8 Å². The molecular weight excluding hydrogens is 360 g/mol. The number of nitriles is 1. The van der Waals surface area contributed by atoms with E-state index in [4.69, 9.17) is 0 Å². The lowest BCUT2D eigenvalue weighted by molar-refractivity contribution is -0.112. The molecule has 2 aromatic rings. The molecule has 0 aromatic heterocycles. The van der Waals surface area contributed by atoms with Crippen LogP contribution >= 0.6 is 27.7 Å². The molecule has 0 aliphatic carbocycles. The van der Waals surface area contributed by atoms with Crippen molar-refractivity contribution in [3.63, 3.8) is 0 Å². The molecule has 0 heterocycles. The van der Waals surface area contributed by atoms with E-state index in [0.717, 1.165) is 14.9 Å². The van der Waals surface area contributed by atoms with Gasteiger partial charge in [-0.2, -0.15) is 5.26 Å². The Bertz CT molecular complexity index is 748. The molecule has 2 rings (SSSR count). The van der Waals surface area contributed by atoms with Gasteiger partial charge in [-0.3, -0.25) is 4.79 Å². The summed E-state index contributed by atoms with van der Waals surface area (Å²) in [5.74, 6) is -0.427. The van der Waals surface area contributed by atoms with E-state index in [1.54, 1.807) is 23.9 Å². The van der Waals surface area contributed by atoms with E-state index in [1.165, 1.54) is 0 Å². The zero-order chi connectivity index (χ0) is 15.9. The van der Waals surface area contributed by atoms with Gasteiger partial charge in [0.1, 0.15) is 11.6 Å². The number of hydrogen-bond acceptors (Lipinski definition) is 3. The predicted molar refractivity (Wildman–Crippen MR) is 94.6 cm³/mol. The van der Waals surface area contributed by atoms with E-state index in [0.29, 0.717) is 5.69 Å². The zero-order valence-corrected chi connectivity index (χ0v) is 14.2. The summed E-state index contributed by atoms with van der Waals surface area (Å²) in [6.45, 7) is 0. The van der Waals surface area contributed by atoms with E-state index >= 15 is 0 Å². The number of nitrogens with one attached hydrogen (secondary N) is 1. The Morgan fingerprint density at radius 3 is 2.50 bits per heavy atom. The van der Waals surface area contributed by atoms with Gasteiger partial charge in [-0.1, -0.05) is 24.3 Å². The highest BCUT2D eigenvalue weighted by molar-refractivity contribution is 9.10. The molecule has 0 saturated carbocycles. The number of amides is 1. The van der Waals surface area contributed by atoms with E-state index < -0.39 is 5.91 Å². The number of carbonyl (C=O) groups is 1. The van der Waals surface area contributed by atoms with Crippen LogP contribution in [0.15, 0.2) is 63.5 Å². The Morgan fingerprint density at radius 1 is 1.23 bits per heavy atom. The largest absolute Gasteiger partial charge is 0.320 e. The third-order valence-corrected chi connectivity index (χ3v) is 4.35. The first kappa shape index (κ1) is 16.3. The molecule has 0 radical (unpaired) electrons. The van der Waals surface area contributed by atoms with E-state index in [9.17, 15) is 10.1 Å². The lowest BCUT2D eigenvalue weighted by atomic mass is 10.1. The van der Waals surface area contributed by atoms with Crippen LogP contribution in [0.2, 0.25) is 0 Å². The molecule has 0 fully saturated rings. The molecule has 22 heavy (non-hydrogen) atoms. The zero-order valence-electron chi connectivity index (χ0n) is 11.8. The van der Waals surface area contributed by atoms with Gasteiger partial charge in [0.15, 0.2) is 0 Å². The summed E-state index contributed by atoms with van der Waals surface area (Å²) >= 11 is 5.00. The van der Waals surface area contributed by atoms with Gasteiger partial charge in [-0.05, 0) is 58.1 Å². The average molecular weight is 373 g/mol. The maximum Gasteiger partial charge on any atom is 0.266 e. The van der Waals surface area contributed by atoms with Crippen LogP contribution in [0.3, 0.4) is 0 Å². The summed E-state index contributed by atoms with van der Waals surface area (Å²) in [6.07, 6.45) is 3.58. The van der Waals surface area contributed by atoms with Gasteiger partial charge in [0.05, 0.1) is 5.69 Å². The number of rotatable bonds is 4. The molecule has 0 atom stereocenters. The summed E-state index contributed by atoms with van der Waals surface area (Å²) in [5.41, 5.74) is 1.51. The molecule has 0 aliphatic rings. The Labute approximate surface area is 142 Å². The first-order chi connectivity index (χ1) is 10.6. The van der Waals surface area contributed by atoms with Gasteiger partial charge in [0.2, 0.25) is 0 Å². The van der Waals surface area contributed by atoms with Gasteiger partial charge in [0, 0.05) is 9.37 Å². The number of anilines is 1. The summed E-state index contributed by atoms with van der Waals surface area (Å²) in [6, 6.07) is 16.9. The first-order valence-electron chi connectivity index (χ1n) is 6.46. The van der Waals surface area contributed by atoms with E-state index in [2.05, 4.69) is 21.2 Å². The highest BCUT2D eigenvalue weighted by Crippen LogP contribution is 2.22. The van der Waals surface area contributed by atoms with Crippen molar-refractivity contribution in [2.45, 2.75) is 4.90 Å². The van der Waals surface area contributed by atoms with Crippen LogP contribution < -0.4 is 5.32 Å². The fourth-order valence-corrected chi connectivity index (χ4v) is 2.56. The predicted octanol–water partition coefficient (Wildman–Crippen LogP) is 4.72. The van der Waals surface area contributed by atoms with Crippen molar-refractivity contribution in [2.24, 2.45) is 0 Å². The van der Waals surface area contributed by atoms with Crippen molar-refractivity contribution < 1.29 is 4.79 Å². The molecule has 110 valence electrons. The summed E-state index contributed by atoms with van der Waals surface area (Å²) in [7, 11) is 0. The molecule has 0 aliphatic heterocycles. The molecule has 0 unspecified atom stereocenters. The molecule has 5 heteroatoms. The molecular formula is C17H13BrN2OS.